The van der Waals surface area contributed by atoms with E-state index < -0.39 is 0 Å². The van der Waals surface area contributed by atoms with E-state index in [0.29, 0.717) is 12.1 Å². The molecule has 2 rings (SSSR count). The number of nitrogens with one attached hydrogen (secondary N) is 1. The Hall–Kier alpha value is -0.160. The summed E-state index contributed by atoms with van der Waals surface area (Å²) in [6, 6.07) is 0.292. The third kappa shape index (κ3) is 3.17. The molecular weight excluding hydrogens is 204 g/mol. The lowest BCUT2D eigenvalue weighted by atomic mass is 10.2. The molecule has 1 aliphatic carbocycles. The van der Waals surface area contributed by atoms with Gasteiger partial charge in [0.2, 0.25) is 0 Å². The molecule has 0 bridgehead atoms. The third-order valence-electron chi connectivity index (χ3n) is 3.76. The van der Waals surface area contributed by atoms with E-state index in [1.165, 1.54) is 0 Å². The standard InChI is InChI=1S/C12H24N2O2/c1-2-14-6-7-16-10(9-14)8-13-11-4-3-5-12(11)15/h10-13,15H,2-9H2,1H3/t10?,11-,12-/m0/s1. The third-order valence-corrected chi connectivity index (χ3v) is 3.76. The Bertz CT molecular complexity index is 213. The zero-order chi connectivity index (χ0) is 11.4. The Labute approximate surface area is 98.0 Å². The SMILES string of the molecule is CCN1CCOC(CN[C@H]2CCC[C@@H]2O)C1. The first-order chi connectivity index (χ1) is 7.79. The summed E-state index contributed by atoms with van der Waals surface area (Å²) in [7, 11) is 0. The molecule has 2 aliphatic rings. The molecule has 0 amide bonds. The molecule has 0 spiro atoms. The number of morpholine rings is 1. The molecule has 94 valence electrons. The predicted octanol–water partition coefficient (Wildman–Crippen LogP) is 0.210. The Balaban J connectivity index is 1.68. The molecular formula is C12H24N2O2. The van der Waals surface area contributed by atoms with E-state index in [1.54, 1.807) is 0 Å². The van der Waals surface area contributed by atoms with Gasteiger partial charge in [-0.3, -0.25) is 4.90 Å². The summed E-state index contributed by atoms with van der Waals surface area (Å²) in [6.07, 6.45) is 3.34. The maximum absolute atomic E-state index is 9.70. The van der Waals surface area contributed by atoms with Gasteiger partial charge in [0.25, 0.3) is 0 Å². The highest BCUT2D eigenvalue weighted by molar-refractivity contribution is 4.84. The summed E-state index contributed by atoms with van der Waals surface area (Å²) >= 11 is 0. The molecule has 1 unspecified atom stereocenters. The van der Waals surface area contributed by atoms with Gasteiger partial charge in [-0.1, -0.05) is 6.92 Å². The maximum Gasteiger partial charge on any atom is 0.0826 e. The van der Waals surface area contributed by atoms with Crippen molar-refractivity contribution in [3.8, 4) is 0 Å². The number of hydrogen-bond acceptors (Lipinski definition) is 4. The molecule has 1 saturated carbocycles. The van der Waals surface area contributed by atoms with Crippen molar-refractivity contribution in [2.75, 3.05) is 32.8 Å². The number of likely N-dealkylation sites (N-methyl/N-ethyl adjacent to an activating group) is 1. The lowest BCUT2D eigenvalue weighted by Gasteiger charge is -2.33. The second kappa shape index (κ2) is 5.96. The molecule has 2 N–H and O–H groups in total. The summed E-state index contributed by atoms with van der Waals surface area (Å²) in [5, 5.41) is 13.1. The summed E-state index contributed by atoms with van der Waals surface area (Å²) in [4.78, 5) is 2.42. The molecule has 0 aromatic carbocycles. The Morgan fingerprint density at radius 2 is 2.31 bits per heavy atom. The van der Waals surface area contributed by atoms with Crippen molar-refractivity contribution in [2.24, 2.45) is 0 Å². The maximum atomic E-state index is 9.70. The van der Waals surface area contributed by atoms with Crippen molar-refractivity contribution in [2.45, 2.75) is 44.4 Å². The molecule has 4 nitrogen and oxygen atoms in total. The first kappa shape index (κ1) is 12.3. The van der Waals surface area contributed by atoms with Gasteiger partial charge in [-0.05, 0) is 25.8 Å². The van der Waals surface area contributed by atoms with E-state index >= 15 is 0 Å². The fraction of sp³-hybridized carbons (Fsp3) is 1.00. The topological polar surface area (TPSA) is 44.7 Å². The van der Waals surface area contributed by atoms with Gasteiger partial charge in [0.15, 0.2) is 0 Å². The van der Waals surface area contributed by atoms with E-state index in [0.717, 1.165) is 52.0 Å². The Kier molecular flexibility index (Phi) is 4.58. The van der Waals surface area contributed by atoms with Gasteiger partial charge >= 0.3 is 0 Å². The zero-order valence-corrected chi connectivity index (χ0v) is 10.2. The van der Waals surface area contributed by atoms with Gasteiger partial charge in [0, 0.05) is 25.7 Å². The van der Waals surface area contributed by atoms with Crippen LogP contribution in [-0.4, -0.2) is 61.0 Å². The van der Waals surface area contributed by atoms with Crippen LogP contribution in [0.5, 0.6) is 0 Å². The first-order valence-electron chi connectivity index (χ1n) is 6.55. The highest BCUT2D eigenvalue weighted by Crippen LogP contribution is 2.18. The average molecular weight is 228 g/mol. The summed E-state index contributed by atoms with van der Waals surface area (Å²) in [5.41, 5.74) is 0. The molecule has 16 heavy (non-hydrogen) atoms. The second-order valence-corrected chi connectivity index (χ2v) is 4.90. The normalized spacial score (nSPS) is 36.8. The van der Waals surface area contributed by atoms with Crippen LogP contribution < -0.4 is 5.32 Å². The van der Waals surface area contributed by atoms with Crippen molar-refractivity contribution in [3.63, 3.8) is 0 Å². The smallest absolute Gasteiger partial charge is 0.0826 e. The Morgan fingerprint density at radius 1 is 1.44 bits per heavy atom. The van der Waals surface area contributed by atoms with Gasteiger partial charge < -0.3 is 15.2 Å². The van der Waals surface area contributed by atoms with Crippen LogP contribution in [-0.2, 0) is 4.74 Å². The van der Waals surface area contributed by atoms with Crippen LogP contribution in [0.3, 0.4) is 0 Å². The first-order valence-corrected chi connectivity index (χ1v) is 6.55. The van der Waals surface area contributed by atoms with Crippen molar-refractivity contribution < 1.29 is 9.84 Å². The second-order valence-electron chi connectivity index (χ2n) is 4.90. The van der Waals surface area contributed by atoms with Crippen LogP contribution in [0.2, 0.25) is 0 Å². The van der Waals surface area contributed by atoms with Crippen LogP contribution >= 0.6 is 0 Å². The fourth-order valence-electron chi connectivity index (χ4n) is 2.65. The van der Waals surface area contributed by atoms with Gasteiger partial charge in [0.1, 0.15) is 0 Å². The number of aliphatic hydroxyl groups excluding tert-OH is 1. The van der Waals surface area contributed by atoms with E-state index in [4.69, 9.17) is 4.74 Å². The highest BCUT2D eigenvalue weighted by atomic mass is 16.5. The fourth-order valence-corrected chi connectivity index (χ4v) is 2.65. The number of ether oxygens (including phenoxy) is 1. The molecule has 2 fully saturated rings. The predicted molar refractivity (Wildman–Crippen MR) is 63.5 cm³/mol. The van der Waals surface area contributed by atoms with Gasteiger partial charge in [-0.25, -0.2) is 0 Å². The van der Waals surface area contributed by atoms with Crippen LogP contribution in [0.15, 0.2) is 0 Å². The van der Waals surface area contributed by atoms with Crippen LogP contribution in [0, 0.1) is 0 Å². The van der Waals surface area contributed by atoms with Crippen molar-refractivity contribution in [1.29, 1.82) is 0 Å². The summed E-state index contributed by atoms with van der Waals surface area (Å²) < 4.78 is 5.72. The van der Waals surface area contributed by atoms with Crippen LogP contribution in [0.4, 0.5) is 0 Å². The summed E-state index contributed by atoms with van der Waals surface area (Å²) in [5.74, 6) is 0. The molecule has 1 saturated heterocycles. The van der Waals surface area contributed by atoms with Gasteiger partial charge in [-0.15, -0.1) is 0 Å². The lowest BCUT2D eigenvalue weighted by molar-refractivity contribution is -0.0278. The van der Waals surface area contributed by atoms with Crippen molar-refractivity contribution in [1.82, 2.24) is 10.2 Å². The number of nitrogens with zero attached hydrogens (tertiary/aromatic N) is 1. The highest BCUT2D eigenvalue weighted by Gasteiger charge is 2.26. The minimum absolute atomic E-state index is 0.147. The zero-order valence-electron chi connectivity index (χ0n) is 10.2. The van der Waals surface area contributed by atoms with E-state index in [2.05, 4.69) is 17.1 Å². The number of hydrogen-bond donors (Lipinski definition) is 2. The molecule has 1 aliphatic heterocycles. The van der Waals surface area contributed by atoms with Crippen LogP contribution in [0.25, 0.3) is 0 Å². The number of rotatable bonds is 4. The molecule has 3 atom stereocenters. The minimum atomic E-state index is -0.147. The van der Waals surface area contributed by atoms with Crippen molar-refractivity contribution >= 4 is 0 Å². The van der Waals surface area contributed by atoms with Crippen LogP contribution in [0.1, 0.15) is 26.2 Å². The van der Waals surface area contributed by atoms with E-state index in [-0.39, 0.29) is 6.10 Å². The Morgan fingerprint density at radius 3 is 3.00 bits per heavy atom. The number of aliphatic hydroxyl groups is 1. The minimum Gasteiger partial charge on any atom is -0.392 e. The summed E-state index contributed by atoms with van der Waals surface area (Å²) in [6.45, 7) is 7.08. The van der Waals surface area contributed by atoms with E-state index in [9.17, 15) is 5.11 Å². The van der Waals surface area contributed by atoms with E-state index in [1.807, 2.05) is 0 Å². The van der Waals surface area contributed by atoms with Crippen molar-refractivity contribution in [3.05, 3.63) is 0 Å². The molecule has 4 heteroatoms. The average Bonchev–Trinajstić information content (AvgIpc) is 2.72. The monoisotopic (exact) mass is 228 g/mol. The quantitative estimate of drug-likeness (QED) is 0.722. The van der Waals surface area contributed by atoms with Gasteiger partial charge in [0.05, 0.1) is 18.8 Å². The molecule has 1 heterocycles. The lowest BCUT2D eigenvalue weighted by Crippen LogP contribution is -2.49. The van der Waals surface area contributed by atoms with Gasteiger partial charge in [-0.2, -0.15) is 0 Å². The molecule has 0 aromatic heterocycles. The molecule has 0 radical (unpaired) electrons. The largest absolute Gasteiger partial charge is 0.392 e. The molecule has 0 aromatic rings.